The first-order valence-electron chi connectivity index (χ1n) is 8.50. The SMILES string of the molecule is Cc1cc(C)n(-c2ccc(C(=O)OCC(=O)NCc3ccccc3)cn2)n1. The van der Waals surface area contributed by atoms with Crippen LogP contribution in [0.2, 0.25) is 0 Å². The third-order valence-corrected chi connectivity index (χ3v) is 3.88. The molecule has 3 rings (SSSR count). The second kappa shape index (κ2) is 8.27. The zero-order chi connectivity index (χ0) is 19.2. The van der Waals surface area contributed by atoms with E-state index in [1.165, 1.54) is 6.20 Å². The third kappa shape index (κ3) is 4.78. The van der Waals surface area contributed by atoms with Gasteiger partial charge in [-0.25, -0.2) is 14.5 Å². The average molecular weight is 364 g/mol. The second-order valence-electron chi connectivity index (χ2n) is 6.08. The number of carbonyl (C=O) groups excluding carboxylic acids is 2. The van der Waals surface area contributed by atoms with Crippen LogP contribution in [-0.2, 0) is 16.1 Å². The summed E-state index contributed by atoms with van der Waals surface area (Å²) in [6.07, 6.45) is 1.41. The number of aromatic nitrogens is 3. The fourth-order valence-electron chi connectivity index (χ4n) is 2.55. The number of benzene rings is 1. The zero-order valence-corrected chi connectivity index (χ0v) is 15.2. The Morgan fingerprint density at radius 1 is 1.11 bits per heavy atom. The van der Waals surface area contributed by atoms with Crippen molar-refractivity contribution in [1.29, 1.82) is 0 Å². The Morgan fingerprint density at radius 2 is 1.89 bits per heavy atom. The van der Waals surface area contributed by atoms with E-state index in [1.54, 1.807) is 16.8 Å². The lowest BCUT2D eigenvalue weighted by Gasteiger charge is -2.07. The lowest BCUT2D eigenvalue weighted by Crippen LogP contribution is -2.28. The van der Waals surface area contributed by atoms with E-state index in [4.69, 9.17) is 4.74 Å². The van der Waals surface area contributed by atoms with Gasteiger partial charge in [0.2, 0.25) is 0 Å². The standard InChI is InChI=1S/C20H20N4O3/c1-14-10-15(2)24(23-14)18-9-8-17(12-21-18)20(26)27-13-19(25)22-11-16-6-4-3-5-7-16/h3-10,12H,11,13H2,1-2H3,(H,22,25). The van der Waals surface area contributed by atoms with Gasteiger partial charge in [-0.05, 0) is 37.6 Å². The van der Waals surface area contributed by atoms with Crippen LogP contribution < -0.4 is 5.32 Å². The highest BCUT2D eigenvalue weighted by molar-refractivity contribution is 5.91. The van der Waals surface area contributed by atoms with Crippen LogP contribution in [0.25, 0.3) is 5.82 Å². The predicted octanol–water partition coefficient (Wildman–Crippen LogP) is 2.36. The Hall–Kier alpha value is -3.48. The number of nitrogens with one attached hydrogen (secondary N) is 1. The smallest absolute Gasteiger partial charge is 0.340 e. The van der Waals surface area contributed by atoms with Crippen molar-refractivity contribution in [2.75, 3.05) is 6.61 Å². The van der Waals surface area contributed by atoms with Gasteiger partial charge in [-0.1, -0.05) is 30.3 Å². The van der Waals surface area contributed by atoms with E-state index in [-0.39, 0.29) is 18.1 Å². The van der Waals surface area contributed by atoms with Crippen LogP contribution in [0.4, 0.5) is 0 Å². The highest BCUT2D eigenvalue weighted by Gasteiger charge is 2.12. The number of hydrogen-bond donors (Lipinski definition) is 1. The number of hydrogen-bond acceptors (Lipinski definition) is 5. The monoisotopic (exact) mass is 364 g/mol. The Kier molecular flexibility index (Phi) is 5.61. The van der Waals surface area contributed by atoms with Gasteiger partial charge < -0.3 is 10.1 Å². The summed E-state index contributed by atoms with van der Waals surface area (Å²) in [5, 5.41) is 7.05. The fraction of sp³-hybridized carbons (Fsp3) is 0.200. The van der Waals surface area contributed by atoms with Crippen molar-refractivity contribution >= 4 is 11.9 Å². The maximum atomic E-state index is 12.1. The predicted molar refractivity (Wildman–Crippen MR) is 99.4 cm³/mol. The third-order valence-electron chi connectivity index (χ3n) is 3.88. The van der Waals surface area contributed by atoms with Gasteiger partial charge in [0.1, 0.15) is 0 Å². The van der Waals surface area contributed by atoms with Crippen molar-refractivity contribution < 1.29 is 14.3 Å². The summed E-state index contributed by atoms with van der Waals surface area (Å²) in [6.45, 7) is 3.87. The lowest BCUT2D eigenvalue weighted by molar-refractivity contribution is -0.124. The number of esters is 1. The molecule has 1 N–H and O–H groups in total. The fourth-order valence-corrected chi connectivity index (χ4v) is 2.55. The molecule has 0 spiro atoms. The maximum Gasteiger partial charge on any atom is 0.340 e. The number of rotatable bonds is 6. The van der Waals surface area contributed by atoms with E-state index in [9.17, 15) is 9.59 Å². The van der Waals surface area contributed by atoms with Crippen molar-refractivity contribution in [2.45, 2.75) is 20.4 Å². The molecule has 0 fully saturated rings. The molecular weight excluding hydrogens is 344 g/mol. The topological polar surface area (TPSA) is 86.1 Å². The van der Waals surface area contributed by atoms with Gasteiger partial charge in [0.05, 0.1) is 11.3 Å². The van der Waals surface area contributed by atoms with Crippen molar-refractivity contribution in [1.82, 2.24) is 20.1 Å². The number of pyridine rings is 1. The number of ether oxygens (including phenoxy) is 1. The van der Waals surface area contributed by atoms with Crippen LogP contribution in [0, 0.1) is 13.8 Å². The minimum atomic E-state index is -0.600. The number of aryl methyl sites for hydroxylation is 2. The molecule has 0 bridgehead atoms. The molecule has 0 atom stereocenters. The van der Waals surface area contributed by atoms with Gasteiger partial charge in [0.25, 0.3) is 5.91 Å². The van der Waals surface area contributed by atoms with Gasteiger partial charge in [-0.2, -0.15) is 5.10 Å². The summed E-state index contributed by atoms with van der Waals surface area (Å²) in [5.41, 5.74) is 3.09. The summed E-state index contributed by atoms with van der Waals surface area (Å²) in [7, 11) is 0. The van der Waals surface area contributed by atoms with Crippen molar-refractivity contribution in [3.05, 3.63) is 77.2 Å². The average Bonchev–Trinajstić information content (AvgIpc) is 3.03. The number of nitrogens with zero attached hydrogens (tertiary/aromatic N) is 3. The minimum Gasteiger partial charge on any atom is -0.452 e. The van der Waals surface area contributed by atoms with Crippen molar-refractivity contribution in [3.63, 3.8) is 0 Å². The quantitative estimate of drug-likeness (QED) is 0.679. The number of amides is 1. The summed E-state index contributed by atoms with van der Waals surface area (Å²) in [6, 6.07) is 14.7. The van der Waals surface area contributed by atoms with E-state index < -0.39 is 5.97 Å². The minimum absolute atomic E-state index is 0.274. The zero-order valence-electron chi connectivity index (χ0n) is 15.2. The van der Waals surface area contributed by atoms with Crippen molar-refractivity contribution in [2.24, 2.45) is 0 Å². The molecule has 1 aromatic carbocycles. The van der Waals surface area contributed by atoms with Crippen LogP contribution in [0.15, 0.2) is 54.7 Å². The molecule has 0 saturated heterocycles. The van der Waals surface area contributed by atoms with E-state index in [2.05, 4.69) is 15.4 Å². The molecular formula is C20H20N4O3. The van der Waals surface area contributed by atoms with Gasteiger partial charge in [0, 0.05) is 18.4 Å². The van der Waals surface area contributed by atoms with Gasteiger partial charge in [-0.3, -0.25) is 4.79 Å². The molecule has 138 valence electrons. The molecule has 0 aliphatic heterocycles. The summed E-state index contributed by atoms with van der Waals surface area (Å²) < 4.78 is 6.73. The van der Waals surface area contributed by atoms with Crippen LogP contribution >= 0.6 is 0 Å². The highest BCUT2D eigenvalue weighted by Crippen LogP contribution is 2.10. The first-order chi connectivity index (χ1) is 13.0. The largest absolute Gasteiger partial charge is 0.452 e. The first kappa shape index (κ1) is 18.3. The first-order valence-corrected chi connectivity index (χ1v) is 8.50. The molecule has 0 aliphatic rings. The van der Waals surface area contributed by atoms with E-state index in [0.717, 1.165) is 17.0 Å². The van der Waals surface area contributed by atoms with Crippen LogP contribution in [0.3, 0.4) is 0 Å². The lowest BCUT2D eigenvalue weighted by atomic mass is 10.2. The van der Waals surface area contributed by atoms with E-state index >= 15 is 0 Å². The van der Waals surface area contributed by atoms with Crippen molar-refractivity contribution in [3.8, 4) is 5.82 Å². The molecule has 0 radical (unpaired) electrons. The van der Waals surface area contributed by atoms with Crippen LogP contribution in [0.1, 0.15) is 27.3 Å². The van der Waals surface area contributed by atoms with Gasteiger partial charge in [0.15, 0.2) is 12.4 Å². The molecule has 0 unspecified atom stereocenters. The highest BCUT2D eigenvalue weighted by atomic mass is 16.5. The normalized spacial score (nSPS) is 10.4. The number of carbonyl (C=O) groups is 2. The maximum absolute atomic E-state index is 12.1. The molecule has 0 saturated carbocycles. The second-order valence-corrected chi connectivity index (χ2v) is 6.08. The van der Waals surface area contributed by atoms with Gasteiger partial charge >= 0.3 is 5.97 Å². The Morgan fingerprint density at radius 3 is 2.52 bits per heavy atom. The molecule has 2 heterocycles. The Labute approximate surface area is 157 Å². The summed E-state index contributed by atoms with van der Waals surface area (Å²) in [4.78, 5) is 28.1. The van der Waals surface area contributed by atoms with Crippen LogP contribution in [-0.4, -0.2) is 33.2 Å². The molecule has 7 heteroatoms. The Bertz CT molecular complexity index is 934. The summed E-state index contributed by atoms with van der Waals surface area (Å²) >= 11 is 0. The molecule has 0 aliphatic carbocycles. The summed E-state index contributed by atoms with van der Waals surface area (Å²) in [5.74, 6) is -0.352. The van der Waals surface area contributed by atoms with Gasteiger partial charge in [-0.15, -0.1) is 0 Å². The Balaban J connectivity index is 1.52. The molecule has 3 aromatic rings. The van der Waals surface area contributed by atoms with Crippen LogP contribution in [0.5, 0.6) is 0 Å². The molecule has 27 heavy (non-hydrogen) atoms. The van der Waals surface area contributed by atoms with E-state index in [1.807, 2.05) is 50.2 Å². The molecule has 2 aromatic heterocycles. The molecule has 1 amide bonds. The van der Waals surface area contributed by atoms with E-state index in [0.29, 0.717) is 12.4 Å². The molecule has 7 nitrogen and oxygen atoms in total.